The van der Waals surface area contributed by atoms with Gasteiger partial charge in [0.15, 0.2) is 5.43 Å². The van der Waals surface area contributed by atoms with Gasteiger partial charge in [-0.3, -0.25) is 15.0 Å². The van der Waals surface area contributed by atoms with Gasteiger partial charge in [0, 0.05) is 24.5 Å². The van der Waals surface area contributed by atoms with Crippen LogP contribution < -0.4 is 16.7 Å². The molecule has 0 unspecified atom stereocenters. The fraction of sp³-hybridized carbons (Fsp3) is 0.167. The SMILES string of the molecule is Cc1oc(Cn2ccc(=O)cc2)cc1C(=O)NN. The third-order valence-corrected chi connectivity index (χ3v) is 2.54. The Labute approximate surface area is 103 Å². The average molecular weight is 247 g/mol. The Kier molecular flexibility index (Phi) is 3.29. The first-order valence-electron chi connectivity index (χ1n) is 5.36. The lowest BCUT2D eigenvalue weighted by Crippen LogP contribution is -2.30. The normalized spacial score (nSPS) is 10.3. The van der Waals surface area contributed by atoms with Crippen LogP contribution in [0.4, 0.5) is 0 Å². The van der Waals surface area contributed by atoms with Gasteiger partial charge in [-0.25, -0.2) is 5.84 Å². The van der Waals surface area contributed by atoms with Gasteiger partial charge in [-0.05, 0) is 13.0 Å². The monoisotopic (exact) mass is 247 g/mol. The van der Waals surface area contributed by atoms with E-state index in [9.17, 15) is 9.59 Å². The third-order valence-electron chi connectivity index (χ3n) is 2.54. The van der Waals surface area contributed by atoms with Gasteiger partial charge < -0.3 is 8.98 Å². The zero-order chi connectivity index (χ0) is 13.1. The van der Waals surface area contributed by atoms with Gasteiger partial charge >= 0.3 is 0 Å². The number of carbonyl (C=O) groups excluding carboxylic acids is 1. The number of hydrogen-bond donors (Lipinski definition) is 2. The summed E-state index contributed by atoms with van der Waals surface area (Å²) in [5.74, 6) is 5.81. The molecule has 18 heavy (non-hydrogen) atoms. The first-order valence-corrected chi connectivity index (χ1v) is 5.36. The highest BCUT2D eigenvalue weighted by molar-refractivity contribution is 5.94. The lowest BCUT2D eigenvalue weighted by molar-refractivity contribution is 0.0952. The molecule has 1 amide bonds. The van der Waals surface area contributed by atoms with Crippen LogP contribution in [0.2, 0.25) is 0 Å². The zero-order valence-electron chi connectivity index (χ0n) is 9.84. The molecular weight excluding hydrogens is 234 g/mol. The number of hydrazine groups is 1. The zero-order valence-corrected chi connectivity index (χ0v) is 9.84. The smallest absolute Gasteiger partial charge is 0.268 e. The van der Waals surface area contributed by atoms with Crippen molar-refractivity contribution >= 4 is 5.91 Å². The minimum Gasteiger partial charge on any atom is -0.464 e. The van der Waals surface area contributed by atoms with E-state index in [2.05, 4.69) is 5.43 Å². The molecule has 2 aromatic rings. The lowest BCUT2D eigenvalue weighted by atomic mass is 10.2. The van der Waals surface area contributed by atoms with Gasteiger partial charge in [-0.15, -0.1) is 0 Å². The Hall–Kier alpha value is -2.34. The van der Waals surface area contributed by atoms with E-state index in [-0.39, 0.29) is 11.3 Å². The second kappa shape index (κ2) is 4.89. The van der Waals surface area contributed by atoms with Gasteiger partial charge in [0.25, 0.3) is 5.91 Å². The van der Waals surface area contributed by atoms with Crippen LogP contribution >= 0.6 is 0 Å². The van der Waals surface area contributed by atoms with E-state index in [4.69, 9.17) is 10.3 Å². The molecular formula is C12H13N3O3. The Morgan fingerprint density at radius 2 is 2.11 bits per heavy atom. The number of aromatic nitrogens is 1. The standard InChI is InChI=1S/C12H13N3O3/c1-8-11(12(17)14-13)6-10(18-8)7-15-4-2-9(16)3-5-15/h2-6H,7,13H2,1H3,(H,14,17). The molecule has 0 atom stereocenters. The predicted octanol–water partition coefficient (Wildman–Crippen LogP) is 0.402. The van der Waals surface area contributed by atoms with Crippen LogP contribution in [0.5, 0.6) is 0 Å². The van der Waals surface area contributed by atoms with Crippen molar-refractivity contribution in [2.45, 2.75) is 13.5 Å². The molecule has 0 saturated heterocycles. The molecule has 3 N–H and O–H groups in total. The summed E-state index contributed by atoms with van der Waals surface area (Å²) in [5.41, 5.74) is 2.42. The average Bonchev–Trinajstić information content (AvgIpc) is 2.72. The highest BCUT2D eigenvalue weighted by Crippen LogP contribution is 2.15. The van der Waals surface area contributed by atoms with Crippen LogP contribution in [-0.2, 0) is 6.54 Å². The quantitative estimate of drug-likeness (QED) is 0.466. The number of hydrogen-bond acceptors (Lipinski definition) is 4. The number of aryl methyl sites for hydroxylation is 1. The van der Waals surface area contributed by atoms with Crippen LogP contribution in [0.15, 0.2) is 39.8 Å². The maximum atomic E-state index is 11.4. The summed E-state index contributed by atoms with van der Waals surface area (Å²) in [6.45, 7) is 2.14. The van der Waals surface area contributed by atoms with Crippen molar-refractivity contribution in [3.63, 3.8) is 0 Å². The van der Waals surface area contributed by atoms with Gasteiger partial charge in [-0.2, -0.15) is 0 Å². The Bertz CT molecular complexity index is 607. The number of carbonyl (C=O) groups is 1. The largest absolute Gasteiger partial charge is 0.464 e. The van der Waals surface area contributed by atoms with Gasteiger partial charge in [0.2, 0.25) is 0 Å². The summed E-state index contributed by atoms with van der Waals surface area (Å²) in [6.07, 6.45) is 3.31. The Morgan fingerprint density at radius 1 is 1.44 bits per heavy atom. The maximum absolute atomic E-state index is 11.4. The van der Waals surface area contributed by atoms with E-state index >= 15 is 0 Å². The molecule has 0 bridgehead atoms. The Morgan fingerprint density at radius 3 is 2.72 bits per heavy atom. The molecule has 0 aliphatic heterocycles. The van der Waals surface area contributed by atoms with Crippen LogP contribution in [0.25, 0.3) is 0 Å². The molecule has 2 heterocycles. The molecule has 0 aliphatic carbocycles. The topological polar surface area (TPSA) is 90.3 Å². The second-order valence-electron chi connectivity index (χ2n) is 3.86. The Balaban J connectivity index is 2.22. The van der Waals surface area contributed by atoms with Gasteiger partial charge in [0.1, 0.15) is 11.5 Å². The molecule has 0 saturated carbocycles. The summed E-state index contributed by atoms with van der Waals surface area (Å²) in [7, 11) is 0. The molecule has 0 aromatic carbocycles. The van der Waals surface area contributed by atoms with Crippen LogP contribution in [-0.4, -0.2) is 10.5 Å². The van der Waals surface area contributed by atoms with Gasteiger partial charge in [0.05, 0.1) is 12.1 Å². The van der Waals surface area contributed by atoms with Crippen molar-refractivity contribution in [1.82, 2.24) is 9.99 Å². The number of amides is 1. The van der Waals surface area contributed by atoms with E-state index in [0.29, 0.717) is 23.6 Å². The number of rotatable bonds is 3. The fourth-order valence-corrected chi connectivity index (χ4v) is 1.65. The van der Waals surface area contributed by atoms with E-state index in [1.165, 1.54) is 12.1 Å². The fourth-order valence-electron chi connectivity index (χ4n) is 1.65. The molecule has 2 rings (SSSR count). The summed E-state index contributed by atoms with van der Waals surface area (Å²) in [5, 5.41) is 0. The van der Waals surface area contributed by atoms with E-state index in [0.717, 1.165) is 0 Å². The minimum atomic E-state index is -0.387. The molecule has 0 fully saturated rings. The second-order valence-corrected chi connectivity index (χ2v) is 3.86. The number of nitrogens with zero attached hydrogens (tertiary/aromatic N) is 1. The van der Waals surface area contributed by atoms with Crippen molar-refractivity contribution in [3.8, 4) is 0 Å². The number of nitrogen functional groups attached to an aromatic ring is 1. The van der Waals surface area contributed by atoms with Gasteiger partial charge in [-0.1, -0.05) is 0 Å². The van der Waals surface area contributed by atoms with Crippen LogP contribution in [0, 0.1) is 6.92 Å². The van der Waals surface area contributed by atoms with Crippen molar-refractivity contribution in [1.29, 1.82) is 0 Å². The summed E-state index contributed by atoms with van der Waals surface area (Å²) in [6, 6.07) is 4.56. The highest BCUT2D eigenvalue weighted by atomic mass is 16.3. The first kappa shape index (κ1) is 12.1. The first-order chi connectivity index (χ1) is 8.60. The maximum Gasteiger partial charge on any atom is 0.268 e. The molecule has 6 heteroatoms. The van der Waals surface area contributed by atoms with Crippen LogP contribution in [0.3, 0.4) is 0 Å². The number of nitrogens with two attached hydrogens (primary N) is 1. The minimum absolute atomic E-state index is 0.0509. The summed E-state index contributed by atoms with van der Waals surface area (Å²) in [4.78, 5) is 22.4. The highest BCUT2D eigenvalue weighted by Gasteiger charge is 2.13. The van der Waals surface area contributed by atoms with Crippen LogP contribution in [0.1, 0.15) is 21.9 Å². The van der Waals surface area contributed by atoms with E-state index < -0.39 is 0 Å². The summed E-state index contributed by atoms with van der Waals surface area (Å²) < 4.78 is 7.24. The summed E-state index contributed by atoms with van der Waals surface area (Å²) >= 11 is 0. The van der Waals surface area contributed by atoms with Crippen molar-refractivity contribution < 1.29 is 9.21 Å². The molecule has 6 nitrogen and oxygen atoms in total. The lowest BCUT2D eigenvalue weighted by Gasteiger charge is -2.01. The predicted molar refractivity (Wildman–Crippen MR) is 64.9 cm³/mol. The number of nitrogens with one attached hydrogen (secondary N) is 1. The van der Waals surface area contributed by atoms with E-state index in [1.807, 2.05) is 0 Å². The van der Waals surface area contributed by atoms with Crippen molar-refractivity contribution in [3.05, 3.63) is 57.9 Å². The molecule has 0 aliphatic rings. The van der Waals surface area contributed by atoms with Crippen molar-refractivity contribution in [2.24, 2.45) is 5.84 Å². The van der Waals surface area contributed by atoms with E-state index in [1.54, 1.807) is 30.0 Å². The molecule has 2 aromatic heterocycles. The number of furan rings is 1. The molecule has 94 valence electrons. The number of pyridine rings is 1. The molecule has 0 radical (unpaired) electrons. The third kappa shape index (κ3) is 2.49. The van der Waals surface area contributed by atoms with Crippen molar-refractivity contribution in [2.75, 3.05) is 0 Å². The molecule has 0 spiro atoms.